The zero-order valence-corrected chi connectivity index (χ0v) is 9.97. The van der Waals surface area contributed by atoms with E-state index < -0.39 is 5.97 Å². The number of aliphatic carboxylic acids is 1. The molecule has 0 amide bonds. The average Bonchev–Trinajstić information content (AvgIpc) is 2.15. The maximum absolute atomic E-state index is 10.5. The Morgan fingerprint density at radius 1 is 1.29 bits per heavy atom. The third-order valence-electron chi connectivity index (χ3n) is 1.67. The van der Waals surface area contributed by atoms with Gasteiger partial charge in [0.25, 0.3) is 0 Å². The molecule has 3 nitrogen and oxygen atoms in total. The molecule has 14 heavy (non-hydrogen) atoms. The summed E-state index contributed by atoms with van der Waals surface area (Å²) in [5, 5.41) is 17.2. The van der Waals surface area contributed by atoms with E-state index in [1.54, 1.807) is 0 Å². The minimum absolute atomic E-state index is 0. The molecule has 69 valence electrons. The van der Waals surface area contributed by atoms with E-state index >= 15 is 0 Å². The van der Waals surface area contributed by atoms with E-state index in [0.29, 0.717) is 6.26 Å². The zero-order chi connectivity index (χ0) is 9.68. The van der Waals surface area contributed by atoms with Crippen LogP contribution in [0.3, 0.4) is 0 Å². The summed E-state index contributed by atoms with van der Waals surface area (Å²) in [5.74, 6) is -1.09. The van der Waals surface area contributed by atoms with Gasteiger partial charge in [0.2, 0.25) is 0 Å². The van der Waals surface area contributed by atoms with E-state index in [0.717, 1.165) is 5.56 Å². The molecule has 0 unspecified atom stereocenters. The van der Waals surface area contributed by atoms with Gasteiger partial charge in [-0.3, -0.25) is 0 Å². The standard InChI is InChI=1S/C10H10O3.Na/c11-7-9(10(12)13)6-8-4-2-1-3-5-8;/h1-5,7,11H,6H2,(H,12,13);. The monoisotopic (exact) mass is 201 g/mol. The maximum atomic E-state index is 10.5. The van der Waals surface area contributed by atoms with Gasteiger partial charge in [0.1, 0.15) is 0 Å². The number of carboxylic acids is 1. The van der Waals surface area contributed by atoms with Crippen molar-refractivity contribution in [3.05, 3.63) is 47.7 Å². The molecule has 0 spiro atoms. The van der Waals surface area contributed by atoms with Crippen LogP contribution in [0.2, 0.25) is 0 Å². The molecule has 0 aliphatic heterocycles. The van der Waals surface area contributed by atoms with Crippen molar-refractivity contribution in [2.45, 2.75) is 6.42 Å². The molecule has 4 heteroatoms. The van der Waals surface area contributed by atoms with Crippen LogP contribution >= 0.6 is 0 Å². The van der Waals surface area contributed by atoms with Gasteiger partial charge in [0, 0.05) is 36.0 Å². The minimum Gasteiger partial charge on any atom is -0.515 e. The molecule has 0 heterocycles. The van der Waals surface area contributed by atoms with E-state index in [-0.39, 0.29) is 41.6 Å². The molecule has 1 aromatic rings. The van der Waals surface area contributed by atoms with Gasteiger partial charge >= 0.3 is 5.97 Å². The molecule has 0 atom stereocenters. The molecule has 0 saturated heterocycles. The summed E-state index contributed by atoms with van der Waals surface area (Å²) < 4.78 is 0. The molecule has 0 aliphatic carbocycles. The normalized spacial score (nSPS) is 10.4. The van der Waals surface area contributed by atoms with Gasteiger partial charge in [-0.15, -0.1) is 0 Å². The molecule has 2 N–H and O–H groups in total. The molecule has 1 radical (unpaired) electrons. The second-order valence-corrected chi connectivity index (χ2v) is 2.62. The maximum Gasteiger partial charge on any atom is 0.335 e. The van der Waals surface area contributed by atoms with E-state index in [1.807, 2.05) is 30.3 Å². The number of hydrogen-bond donors (Lipinski definition) is 2. The van der Waals surface area contributed by atoms with Crippen LogP contribution in [0.4, 0.5) is 0 Å². The second-order valence-electron chi connectivity index (χ2n) is 2.62. The van der Waals surface area contributed by atoms with Gasteiger partial charge in [0.05, 0.1) is 11.8 Å². The number of benzene rings is 1. The molecule has 0 aliphatic rings. The number of rotatable bonds is 3. The molecule has 0 fully saturated rings. The summed E-state index contributed by atoms with van der Waals surface area (Å²) in [6.45, 7) is 0. The van der Waals surface area contributed by atoms with Crippen molar-refractivity contribution in [2.75, 3.05) is 0 Å². The zero-order valence-electron chi connectivity index (χ0n) is 7.97. The van der Waals surface area contributed by atoms with Gasteiger partial charge < -0.3 is 10.2 Å². The predicted octanol–water partition coefficient (Wildman–Crippen LogP) is 1.37. The Bertz CT molecular complexity index is 319. The Kier molecular flexibility index (Phi) is 6.28. The second kappa shape index (κ2) is 6.65. The third-order valence-corrected chi connectivity index (χ3v) is 1.67. The van der Waals surface area contributed by atoms with E-state index in [1.165, 1.54) is 0 Å². The quantitative estimate of drug-likeness (QED) is 0.441. The predicted molar refractivity (Wildman–Crippen MR) is 54.2 cm³/mol. The van der Waals surface area contributed by atoms with E-state index in [2.05, 4.69) is 0 Å². The van der Waals surface area contributed by atoms with Crippen molar-refractivity contribution in [1.82, 2.24) is 0 Å². The molecule has 0 saturated carbocycles. The Balaban J connectivity index is 0.00000169. The summed E-state index contributed by atoms with van der Waals surface area (Å²) in [7, 11) is 0. The fourth-order valence-corrected chi connectivity index (χ4v) is 0.992. The van der Waals surface area contributed by atoms with Crippen LogP contribution < -0.4 is 0 Å². The van der Waals surface area contributed by atoms with Crippen LogP contribution in [0.1, 0.15) is 5.56 Å². The smallest absolute Gasteiger partial charge is 0.335 e. The summed E-state index contributed by atoms with van der Waals surface area (Å²) >= 11 is 0. The van der Waals surface area contributed by atoms with Crippen molar-refractivity contribution in [3.8, 4) is 0 Å². The van der Waals surface area contributed by atoms with Crippen LogP contribution in [0.5, 0.6) is 0 Å². The van der Waals surface area contributed by atoms with Crippen LogP contribution in [0.25, 0.3) is 0 Å². The van der Waals surface area contributed by atoms with Crippen LogP contribution in [0.15, 0.2) is 42.2 Å². The molecule has 1 aromatic carbocycles. The number of aliphatic hydroxyl groups is 1. The van der Waals surface area contributed by atoms with Gasteiger partial charge in [-0.2, -0.15) is 0 Å². The summed E-state index contributed by atoms with van der Waals surface area (Å²) in [6.07, 6.45) is 0.877. The van der Waals surface area contributed by atoms with Crippen molar-refractivity contribution < 1.29 is 15.0 Å². The van der Waals surface area contributed by atoms with Gasteiger partial charge in [-0.05, 0) is 5.56 Å². The van der Waals surface area contributed by atoms with Crippen molar-refractivity contribution in [2.24, 2.45) is 0 Å². The first kappa shape index (κ1) is 13.2. The Morgan fingerprint density at radius 3 is 2.29 bits per heavy atom. The van der Waals surface area contributed by atoms with Crippen LogP contribution in [-0.4, -0.2) is 45.7 Å². The fourth-order valence-electron chi connectivity index (χ4n) is 0.992. The number of hydrogen-bond acceptors (Lipinski definition) is 2. The molecule has 0 aromatic heterocycles. The fraction of sp³-hybridized carbons (Fsp3) is 0.100. The third kappa shape index (κ3) is 3.96. The Morgan fingerprint density at radius 2 is 1.86 bits per heavy atom. The number of aliphatic hydroxyl groups excluding tert-OH is 1. The van der Waals surface area contributed by atoms with Crippen LogP contribution in [-0.2, 0) is 11.2 Å². The first-order valence-electron chi connectivity index (χ1n) is 3.84. The molecular formula is C10H10NaO3. The number of carbonyl (C=O) groups is 1. The van der Waals surface area contributed by atoms with Crippen molar-refractivity contribution in [3.63, 3.8) is 0 Å². The SMILES string of the molecule is O=C(O)C(=CO)Cc1ccccc1.[Na]. The average molecular weight is 201 g/mol. The van der Waals surface area contributed by atoms with Gasteiger partial charge in [0.15, 0.2) is 0 Å². The largest absolute Gasteiger partial charge is 0.515 e. The first-order chi connectivity index (χ1) is 6.24. The van der Waals surface area contributed by atoms with Gasteiger partial charge in [-0.25, -0.2) is 4.79 Å². The number of carboxylic acid groups (broad SMARTS) is 1. The summed E-state index contributed by atoms with van der Waals surface area (Å²) in [5.41, 5.74) is 0.858. The molecular weight excluding hydrogens is 191 g/mol. The van der Waals surface area contributed by atoms with Crippen molar-refractivity contribution in [1.29, 1.82) is 0 Å². The van der Waals surface area contributed by atoms with Crippen molar-refractivity contribution >= 4 is 35.5 Å². The Labute approximate surface area is 104 Å². The van der Waals surface area contributed by atoms with E-state index in [9.17, 15) is 4.79 Å². The molecule has 1 rings (SSSR count). The van der Waals surface area contributed by atoms with E-state index in [4.69, 9.17) is 10.2 Å². The topological polar surface area (TPSA) is 57.5 Å². The summed E-state index contributed by atoms with van der Waals surface area (Å²) in [4.78, 5) is 10.5. The summed E-state index contributed by atoms with van der Waals surface area (Å²) in [6, 6.07) is 9.13. The minimum atomic E-state index is -1.09. The Hall–Kier alpha value is -0.770. The van der Waals surface area contributed by atoms with Gasteiger partial charge in [-0.1, -0.05) is 30.3 Å². The first-order valence-corrected chi connectivity index (χ1v) is 3.84. The molecule has 0 bridgehead atoms. The van der Waals surface area contributed by atoms with Crippen LogP contribution in [0, 0.1) is 0 Å².